The average Bonchev–Trinajstić information content (AvgIpc) is 3.24. The lowest BCUT2D eigenvalue weighted by Gasteiger charge is -2.34. The van der Waals surface area contributed by atoms with E-state index in [1.165, 1.54) is 17.1 Å². The number of carbonyl (C=O) groups is 1. The fourth-order valence-electron chi connectivity index (χ4n) is 3.29. The van der Waals surface area contributed by atoms with Crippen LogP contribution in [0.5, 0.6) is 0 Å². The van der Waals surface area contributed by atoms with Gasteiger partial charge >= 0.3 is 0 Å². The molecular weight excluding hydrogens is 366 g/mol. The molecule has 1 amide bonds. The van der Waals surface area contributed by atoms with Gasteiger partial charge in [0.25, 0.3) is 5.56 Å². The van der Waals surface area contributed by atoms with Crippen LogP contribution < -0.4 is 5.56 Å². The van der Waals surface area contributed by atoms with Gasteiger partial charge in [0.2, 0.25) is 5.91 Å². The number of carbonyl (C=O) groups excluding carboxylic acids is 1. The third-order valence-electron chi connectivity index (χ3n) is 4.80. The van der Waals surface area contributed by atoms with Gasteiger partial charge < -0.3 is 4.90 Å². The van der Waals surface area contributed by atoms with Crippen molar-refractivity contribution in [3.05, 3.63) is 39.0 Å². The monoisotopic (exact) mass is 387 g/mol. The number of aromatic nitrogens is 5. The molecule has 1 saturated heterocycles. The second kappa shape index (κ2) is 7.20. The standard InChI is InChI=1S/C17H21N7O2S/c1-12-20-13(10-27-12)8-22-3-5-23(6-4-22)15(25)9-24-11-18-16-14(17(24)26)7-19-21(16)2/h7,10-11H,3-6,8-9H2,1-2H3. The zero-order valence-electron chi connectivity index (χ0n) is 15.3. The Morgan fingerprint density at radius 1 is 1.26 bits per heavy atom. The van der Waals surface area contributed by atoms with Crippen molar-refractivity contribution in [1.29, 1.82) is 0 Å². The van der Waals surface area contributed by atoms with Gasteiger partial charge in [0.1, 0.15) is 18.3 Å². The van der Waals surface area contributed by atoms with Crippen LogP contribution in [0.25, 0.3) is 11.0 Å². The Balaban J connectivity index is 1.37. The van der Waals surface area contributed by atoms with Gasteiger partial charge in [0.05, 0.1) is 16.9 Å². The highest BCUT2D eigenvalue weighted by Gasteiger charge is 2.22. The van der Waals surface area contributed by atoms with Crippen molar-refractivity contribution >= 4 is 28.3 Å². The van der Waals surface area contributed by atoms with Crippen LogP contribution in [0.2, 0.25) is 0 Å². The molecule has 3 aromatic heterocycles. The molecule has 0 aromatic carbocycles. The molecule has 1 aliphatic heterocycles. The summed E-state index contributed by atoms with van der Waals surface area (Å²) < 4.78 is 2.91. The fourth-order valence-corrected chi connectivity index (χ4v) is 3.89. The number of piperazine rings is 1. The number of aryl methyl sites for hydroxylation is 2. The summed E-state index contributed by atoms with van der Waals surface area (Å²) in [7, 11) is 1.73. The molecule has 4 heterocycles. The van der Waals surface area contributed by atoms with Gasteiger partial charge in [-0.3, -0.25) is 23.7 Å². The summed E-state index contributed by atoms with van der Waals surface area (Å²) in [6.07, 6.45) is 2.91. The molecule has 9 nitrogen and oxygen atoms in total. The van der Waals surface area contributed by atoms with Crippen LogP contribution in [-0.2, 0) is 24.9 Å². The maximum Gasteiger partial charge on any atom is 0.264 e. The summed E-state index contributed by atoms with van der Waals surface area (Å²) in [4.78, 5) is 38.0. The first-order valence-electron chi connectivity index (χ1n) is 8.79. The summed E-state index contributed by atoms with van der Waals surface area (Å²) in [5, 5.41) is 7.63. The molecule has 0 radical (unpaired) electrons. The molecule has 0 aliphatic carbocycles. The highest BCUT2D eigenvalue weighted by Crippen LogP contribution is 2.12. The normalized spacial score (nSPS) is 15.6. The summed E-state index contributed by atoms with van der Waals surface area (Å²) in [6, 6.07) is 0. The minimum atomic E-state index is -0.237. The van der Waals surface area contributed by atoms with Gasteiger partial charge in [-0.05, 0) is 6.92 Å². The Hall–Kier alpha value is -2.59. The highest BCUT2D eigenvalue weighted by molar-refractivity contribution is 7.09. The van der Waals surface area contributed by atoms with E-state index in [0.29, 0.717) is 24.1 Å². The number of amides is 1. The van der Waals surface area contributed by atoms with Crippen molar-refractivity contribution in [2.24, 2.45) is 7.05 Å². The lowest BCUT2D eigenvalue weighted by atomic mass is 10.3. The molecule has 4 rings (SSSR count). The summed E-state index contributed by atoms with van der Waals surface area (Å²) in [5.74, 6) is -0.0636. The fraction of sp³-hybridized carbons (Fsp3) is 0.471. The van der Waals surface area contributed by atoms with Gasteiger partial charge in [0.15, 0.2) is 5.65 Å². The largest absolute Gasteiger partial charge is 0.339 e. The summed E-state index contributed by atoms with van der Waals surface area (Å²) >= 11 is 1.66. The second-order valence-corrected chi connectivity index (χ2v) is 7.76. The van der Waals surface area contributed by atoms with Crippen LogP contribution in [0, 0.1) is 6.92 Å². The molecule has 1 fully saturated rings. The Labute approximate surface area is 159 Å². The number of hydrogen-bond donors (Lipinski definition) is 0. The van der Waals surface area contributed by atoms with E-state index in [4.69, 9.17) is 0 Å². The van der Waals surface area contributed by atoms with Crippen LogP contribution in [0.3, 0.4) is 0 Å². The SMILES string of the molecule is Cc1nc(CN2CCN(C(=O)Cn3cnc4c(cnn4C)c3=O)CC2)cs1. The number of fused-ring (bicyclic) bond motifs is 1. The maximum absolute atomic E-state index is 12.6. The van der Waals surface area contributed by atoms with E-state index < -0.39 is 0 Å². The minimum absolute atomic E-state index is 0.00193. The quantitative estimate of drug-likeness (QED) is 0.637. The average molecular weight is 387 g/mol. The zero-order chi connectivity index (χ0) is 19.0. The molecule has 0 spiro atoms. The predicted molar refractivity (Wildman–Crippen MR) is 101 cm³/mol. The molecule has 0 unspecified atom stereocenters. The molecule has 0 bridgehead atoms. The van der Waals surface area contributed by atoms with Crippen molar-refractivity contribution < 1.29 is 4.79 Å². The van der Waals surface area contributed by atoms with E-state index in [-0.39, 0.29) is 18.0 Å². The zero-order valence-corrected chi connectivity index (χ0v) is 16.1. The van der Waals surface area contributed by atoms with Crippen molar-refractivity contribution in [1.82, 2.24) is 34.1 Å². The van der Waals surface area contributed by atoms with Gasteiger partial charge in [-0.15, -0.1) is 11.3 Å². The first-order valence-corrected chi connectivity index (χ1v) is 9.67. The summed E-state index contributed by atoms with van der Waals surface area (Å²) in [5.41, 5.74) is 1.37. The van der Waals surface area contributed by atoms with Crippen LogP contribution >= 0.6 is 11.3 Å². The van der Waals surface area contributed by atoms with Gasteiger partial charge in [0, 0.05) is 45.2 Å². The number of rotatable bonds is 4. The molecule has 142 valence electrons. The van der Waals surface area contributed by atoms with Crippen LogP contribution in [0.1, 0.15) is 10.7 Å². The first-order chi connectivity index (χ1) is 13.0. The van der Waals surface area contributed by atoms with Crippen LogP contribution in [-0.4, -0.2) is 66.2 Å². The highest BCUT2D eigenvalue weighted by atomic mass is 32.1. The Kier molecular flexibility index (Phi) is 4.75. The molecule has 3 aromatic rings. The Bertz CT molecular complexity index is 1030. The maximum atomic E-state index is 12.6. The smallest absolute Gasteiger partial charge is 0.264 e. The minimum Gasteiger partial charge on any atom is -0.339 e. The van der Waals surface area contributed by atoms with E-state index in [1.807, 2.05) is 11.8 Å². The van der Waals surface area contributed by atoms with Crippen molar-refractivity contribution in [3.8, 4) is 0 Å². The van der Waals surface area contributed by atoms with Gasteiger partial charge in [-0.1, -0.05) is 0 Å². The predicted octanol–water partition coefficient (Wildman–Crippen LogP) is 0.239. The second-order valence-electron chi connectivity index (χ2n) is 6.70. The van der Waals surface area contributed by atoms with Crippen molar-refractivity contribution in [2.75, 3.05) is 26.2 Å². The third-order valence-corrected chi connectivity index (χ3v) is 5.62. The van der Waals surface area contributed by atoms with Gasteiger partial charge in [-0.25, -0.2) is 9.97 Å². The van der Waals surface area contributed by atoms with E-state index in [1.54, 1.807) is 23.1 Å². The van der Waals surface area contributed by atoms with Gasteiger partial charge in [-0.2, -0.15) is 5.10 Å². The van der Waals surface area contributed by atoms with E-state index in [0.717, 1.165) is 30.3 Å². The van der Waals surface area contributed by atoms with E-state index >= 15 is 0 Å². The molecule has 0 N–H and O–H groups in total. The summed E-state index contributed by atoms with van der Waals surface area (Å²) in [6.45, 7) is 5.73. The first kappa shape index (κ1) is 17.8. The van der Waals surface area contributed by atoms with Crippen LogP contribution in [0.4, 0.5) is 0 Å². The molecule has 0 saturated carbocycles. The molecule has 1 aliphatic rings. The molecule has 10 heteroatoms. The Morgan fingerprint density at radius 2 is 2.04 bits per heavy atom. The number of hydrogen-bond acceptors (Lipinski definition) is 7. The van der Waals surface area contributed by atoms with E-state index in [9.17, 15) is 9.59 Å². The van der Waals surface area contributed by atoms with E-state index in [2.05, 4.69) is 25.3 Å². The third kappa shape index (κ3) is 3.62. The lowest BCUT2D eigenvalue weighted by Crippen LogP contribution is -2.49. The number of thiazole rings is 1. The van der Waals surface area contributed by atoms with Crippen LogP contribution in [0.15, 0.2) is 22.7 Å². The molecular formula is C17H21N7O2S. The van der Waals surface area contributed by atoms with Crippen molar-refractivity contribution in [2.45, 2.75) is 20.0 Å². The van der Waals surface area contributed by atoms with Crippen molar-refractivity contribution in [3.63, 3.8) is 0 Å². The molecule has 0 atom stereocenters. The molecule has 27 heavy (non-hydrogen) atoms. The number of nitrogens with zero attached hydrogens (tertiary/aromatic N) is 7. The topological polar surface area (TPSA) is 89.2 Å². The Morgan fingerprint density at radius 3 is 2.74 bits per heavy atom. The lowest BCUT2D eigenvalue weighted by molar-refractivity contribution is -0.133.